The van der Waals surface area contributed by atoms with E-state index in [1.807, 2.05) is 6.07 Å². The summed E-state index contributed by atoms with van der Waals surface area (Å²) in [6, 6.07) is 5.06. The van der Waals surface area contributed by atoms with Gasteiger partial charge in [-0.25, -0.2) is 17.9 Å². The molecule has 20 heavy (non-hydrogen) atoms. The number of hydrogen-bond donors (Lipinski definition) is 1. The number of benzene rings is 1. The average molecular weight is 297 g/mol. The number of hydrogen-bond acceptors (Lipinski definition) is 4. The van der Waals surface area contributed by atoms with Crippen LogP contribution in [-0.4, -0.2) is 26.7 Å². The van der Waals surface area contributed by atoms with Crippen molar-refractivity contribution in [2.45, 2.75) is 38.0 Å². The minimum atomic E-state index is -3.30. The fourth-order valence-electron chi connectivity index (χ4n) is 2.32. The number of ether oxygens (including phenoxy) is 1. The van der Waals surface area contributed by atoms with Gasteiger partial charge < -0.3 is 4.74 Å². The summed E-state index contributed by atoms with van der Waals surface area (Å²) >= 11 is 0. The molecule has 110 valence electrons. The normalized spacial score (nSPS) is 18.1. The fourth-order valence-corrected chi connectivity index (χ4v) is 3.23. The van der Waals surface area contributed by atoms with E-state index in [2.05, 4.69) is 9.46 Å². The van der Waals surface area contributed by atoms with E-state index >= 15 is 0 Å². The Bertz CT molecular complexity index is 622. The van der Waals surface area contributed by atoms with Crippen molar-refractivity contribution in [3.63, 3.8) is 0 Å². The van der Waals surface area contributed by atoms with Crippen molar-refractivity contribution in [2.24, 2.45) is 0 Å². The molecule has 0 radical (unpaired) electrons. The van der Waals surface area contributed by atoms with Crippen molar-refractivity contribution in [3.05, 3.63) is 34.9 Å². The predicted octanol–water partition coefficient (Wildman–Crippen LogP) is 1.79. The standard InChI is InChI=1S/C14H19NO4S/c1-9(2)20(17,18)15-13-7-5-10-8-11(14(16)19-3)4-6-12(10)13/h4,6,8-9,13,15H,5,7H2,1-3H3. The lowest BCUT2D eigenvalue weighted by molar-refractivity contribution is 0.0600. The van der Waals surface area contributed by atoms with Gasteiger partial charge in [0.1, 0.15) is 0 Å². The molecule has 0 fully saturated rings. The van der Waals surface area contributed by atoms with E-state index in [1.165, 1.54) is 7.11 Å². The number of rotatable bonds is 4. The van der Waals surface area contributed by atoms with Crippen LogP contribution in [0.1, 0.15) is 47.8 Å². The number of methoxy groups -OCH3 is 1. The van der Waals surface area contributed by atoms with Gasteiger partial charge in [-0.15, -0.1) is 0 Å². The van der Waals surface area contributed by atoms with Crippen molar-refractivity contribution in [2.75, 3.05) is 7.11 Å². The van der Waals surface area contributed by atoms with E-state index in [1.54, 1.807) is 26.0 Å². The molecule has 0 saturated carbocycles. The largest absolute Gasteiger partial charge is 0.465 e. The van der Waals surface area contributed by atoms with E-state index in [4.69, 9.17) is 0 Å². The van der Waals surface area contributed by atoms with E-state index < -0.39 is 15.3 Å². The van der Waals surface area contributed by atoms with E-state index in [-0.39, 0.29) is 12.0 Å². The molecule has 1 aromatic carbocycles. The number of aryl methyl sites for hydroxylation is 1. The molecule has 1 N–H and O–H groups in total. The van der Waals surface area contributed by atoms with Crippen molar-refractivity contribution < 1.29 is 17.9 Å². The molecule has 5 nitrogen and oxygen atoms in total. The third-order valence-corrected chi connectivity index (χ3v) is 5.42. The SMILES string of the molecule is COC(=O)c1ccc2c(c1)CCC2NS(=O)(=O)C(C)C. The van der Waals surface area contributed by atoms with E-state index in [0.29, 0.717) is 12.0 Å². The smallest absolute Gasteiger partial charge is 0.337 e. The lowest BCUT2D eigenvalue weighted by Gasteiger charge is -2.16. The van der Waals surface area contributed by atoms with Crippen molar-refractivity contribution in [1.29, 1.82) is 0 Å². The van der Waals surface area contributed by atoms with Crippen molar-refractivity contribution in [1.82, 2.24) is 4.72 Å². The van der Waals surface area contributed by atoms with Crippen LogP contribution < -0.4 is 4.72 Å². The first-order valence-corrected chi connectivity index (χ1v) is 8.12. The summed E-state index contributed by atoms with van der Waals surface area (Å²) in [5, 5.41) is -0.458. The molecule has 0 heterocycles. The average Bonchev–Trinajstić information content (AvgIpc) is 2.79. The Hall–Kier alpha value is -1.40. The highest BCUT2D eigenvalue weighted by atomic mass is 32.2. The van der Waals surface area contributed by atoms with Gasteiger partial charge in [-0.3, -0.25) is 0 Å². The van der Waals surface area contributed by atoms with Crippen LogP contribution >= 0.6 is 0 Å². The summed E-state index contributed by atoms with van der Waals surface area (Å²) in [4.78, 5) is 11.5. The maximum absolute atomic E-state index is 11.9. The highest BCUT2D eigenvalue weighted by Crippen LogP contribution is 2.32. The summed E-state index contributed by atoms with van der Waals surface area (Å²) in [7, 11) is -1.95. The lowest BCUT2D eigenvalue weighted by Crippen LogP contribution is -2.33. The van der Waals surface area contributed by atoms with E-state index in [0.717, 1.165) is 17.5 Å². The highest BCUT2D eigenvalue weighted by molar-refractivity contribution is 7.90. The Kier molecular flexibility index (Phi) is 4.15. The number of esters is 1. The summed E-state index contributed by atoms with van der Waals surface area (Å²) in [5.41, 5.74) is 2.45. The summed E-state index contributed by atoms with van der Waals surface area (Å²) in [5.74, 6) is -0.376. The molecule has 1 aliphatic rings. The quantitative estimate of drug-likeness (QED) is 0.860. The Labute approximate surface area is 119 Å². The number of sulfonamides is 1. The van der Waals surface area contributed by atoms with Crippen LogP contribution in [-0.2, 0) is 21.2 Å². The number of carbonyl (C=O) groups is 1. The topological polar surface area (TPSA) is 72.5 Å². The maximum Gasteiger partial charge on any atom is 0.337 e. The first-order valence-electron chi connectivity index (χ1n) is 6.57. The van der Waals surface area contributed by atoms with Gasteiger partial charge in [-0.1, -0.05) is 6.07 Å². The first-order chi connectivity index (χ1) is 9.35. The van der Waals surface area contributed by atoms with Crippen LogP contribution in [0.3, 0.4) is 0 Å². The zero-order valence-electron chi connectivity index (χ0n) is 11.8. The zero-order chi connectivity index (χ0) is 14.9. The van der Waals surface area contributed by atoms with Crippen LogP contribution in [0.5, 0.6) is 0 Å². The van der Waals surface area contributed by atoms with Crippen molar-refractivity contribution >= 4 is 16.0 Å². The van der Waals surface area contributed by atoms with Crippen LogP contribution in [0.4, 0.5) is 0 Å². The van der Waals surface area contributed by atoms with Crippen molar-refractivity contribution in [3.8, 4) is 0 Å². The third-order valence-electron chi connectivity index (χ3n) is 3.57. The van der Waals surface area contributed by atoms with Gasteiger partial charge in [0, 0.05) is 6.04 Å². The van der Waals surface area contributed by atoms with Gasteiger partial charge in [0.25, 0.3) is 0 Å². The molecular weight excluding hydrogens is 278 g/mol. The molecule has 0 spiro atoms. The number of nitrogens with one attached hydrogen (secondary N) is 1. The summed E-state index contributed by atoms with van der Waals surface area (Å²) in [6.07, 6.45) is 1.47. The third kappa shape index (κ3) is 2.86. The lowest BCUT2D eigenvalue weighted by atomic mass is 10.1. The molecule has 0 amide bonds. The zero-order valence-corrected chi connectivity index (χ0v) is 12.7. The minimum absolute atomic E-state index is 0.205. The Morgan fingerprint density at radius 3 is 2.70 bits per heavy atom. The Balaban J connectivity index is 2.24. The van der Waals surface area contributed by atoms with Crippen LogP contribution in [0.25, 0.3) is 0 Å². The van der Waals surface area contributed by atoms with Gasteiger partial charge in [0.15, 0.2) is 0 Å². The van der Waals surface area contributed by atoms with Crippen LogP contribution in [0.15, 0.2) is 18.2 Å². The van der Waals surface area contributed by atoms with Gasteiger partial charge in [-0.05, 0) is 49.9 Å². The number of carbonyl (C=O) groups excluding carboxylic acids is 1. The van der Waals surface area contributed by atoms with Crippen LogP contribution in [0, 0.1) is 0 Å². The molecule has 6 heteroatoms. The van der Waals surface area contributed by atoms with Crippen LogP contribution in [0.2, 0.25) is 0 Å². The first kappa shape index (κ1) is 15.0. The summed E-state index contributed by atoms with van der Waals surface area (Å²) < 4.78 is 31.3. The highest BCUT2D eigenvalue weighted by Gasteiger charge is 2.28. The molecule has 0 saturated heterocycles. The Morgan fingerprint density at radius 1 is 1.40 bits per heavy atom. The second kappa shape index (κ2) is 5.54. The molecule has 1 atom stereocenters. The van der Waals surface area contributed by atoms with Gasteiger partial charge in [-0.2, -0.15) is 0 Å². The molecule has 1 aromatic rings. The van der Waals surface area contributed by atoms with Gasteiger partial charge in [0.2, 0.25) is 10.0 Å². The molecular formula is C14H19NO4S. The number of fused-ring (bicyclic) bond motifs is 1. The van der Waals surface area contributed by atoms with Gasteiger partial charge in [0.05, 0.1) is 17.9 Å². The Morgan fingerprint density at radius 2 is 2.10 bits per heavy atom. The fraction of sp³-hybridized carbons (Fsp3) is 0.500. The molecule has 0 bridgehead atoms. The molecule has 1 unspecified atom stereocenters. The monoisotopic (exact) mass is 297 g/mol. The second-order valence-corrected chi connectivity index (χ2v) is 7.48. The molecule has 0 aromatic heterocycles. The molecule has 2 rings (SSSR count). The summed E-state index contributed by atoms with van der Waals surface area (Å²) in [6.45, 7) is 3.30. The maximum atomic E-state index is 11.9. The molecule has 0 aliphatic heterocycles. The van der Waals surface area contributed by atoms with Gasteiger partial charge >= 0.3 is 5.97 Å². The minimum Gasteiger partial charge on any atom is -0.465 e. The van der Waals surface area contributed by atoms with E-state index in [9.17, 15) is 13.2 Å². The predicted molar refractivity (Wildman–Crippen MR) is 76.0 cm³/mol. The second-order valence-electron chi connectivity index (χ2n) is 5.21. The molecule has 1 aliphatic carbocycles.